The van der Waals surface area contributed by atoms with Crippen LogP contribution >= 0.6 is 0 Å². The van der Waals surface area contributed by atoms with Crippen LogP contribution in [-0.2, 0) is 6.54 Å². The van der Waals surface area contributed by atoms with E-state index in [1.165, 1.54) is 4.90 Å². The Morgan fingerprint density at radius 1 is 1.24 bits per heavy atom. The lowest BCUT2D eigenvalue weighted by molar-refractivity contribution is 0.0777. The number of hydrogen-bond acceptors (Lipinski definition) is 4. The highest BCUT2D eigenvalue weighted by Gasteiger charge is 2.16. The molecule has 0 radical (unpaired) electrons. The molecule has 0 aliphatic rings. The number of rotatable bonds is 3. The van der Waals surface area contributed by atoms with Crippen molar-refractivity contribution in [1.82, 2.24) is 14.9 Å². The molecule has 0 saturated carbocycles. The number of amides is 1. The molecule has 2 aromatic rings. The van der Waals surface area contributed by atoms with E-state index in [4.69, 9.17) is 5.11 Å². The van der Waals surface area contributed by atoms with Gasteiger partial charge in [0.25, 0.3) is 5.91 Å². The van der Waals surface area contributed by atoms with Crippen LogP contribution in [0.5, 0.6) is 0 Å². The molecular formula is C16H15N3O2. The molecule has 0 spiro atoms. The predicted molar refractivity (Wildman–Crippen MR) is 78.2 cm³/mol. The molecule has 0 bridgehead atoms. The van der Waals surface area contributed by atoms with Crippen molar-refractivity contribution in [3.63, 3.8) is 0 Å². The molecule has 5 nitrogen and oxygen atoms in total. The summed E-state index contributed by atoms with van der Waals surface area (Å²) in [6.07, 6.45) is 3.23. The molecule has 0 unspecified atom stereocenters. The molecule has 2 aromatic heterocycles. The van der Waals surface area contributed by atoms with Gasteiger partial charge in [0.15, 0.2) is 0 Å². The summed E-state index contributed by atoms with van der Waals surface area (Å²) >= 11 is 0. The average molecular weight is 281 g/mol. The zero-order valence-corrected chi connectivity index (χ0v) is 11.7. The van der Waals surface area contributed by atoms with E-state index in [9.17, 15) is 4.79 Å². The quantitative estimate of drug-likeness (QED) is 0.855. The maximum absolute atomic E-state index is 12.4. The van der Waals surface area contributed by atoms with Crippen LogP contribution in [0.4, 0.5) is 0 Å². The Bertz CT molecular complexity index is 675. The van der Waals surface area contributed by atoms with Gasteiger partial charge in [0.2, 0.25) is 0 Å². The lowest BCUT2D eigenvalue weighted by Gasteiger charge is -2.16. The van der Waals surface area contributed by atoms with Gasteiger partial charge in [-0.15, -0.1) is 0 Å². The molecule has 21 heavy (non-hydrogen) atoms. The van der Waals surface area contributed by atoms with Crippen molar-refractivity contribution in [1.29, 1.82) is 0 Å². The van der Waals surface area contributed by atoms with Crippen LogP contribution in [0.1, 0.15) is 21.7 Å². The van der Waals surface area contributed by atoms with Crippen LogP contribution in [0.15, 0.2) is 42.7 Å². The van der Waals surface area contributed by atoms with Crippen molar-refractivity contribution < 1.29 is 9.90 Å². The molecule has 0 aliphatic heterocycles. The van der Waals surface area contributed by atoms with Gasteiger partial charge in [0, 0.05) is 19.4 Å². The van der Waals surface area contributed by atoms with E-state index in [1.807, 2.05) is 18.2 Å². The SMILES string of the molecule is CN(Cc1ccccn1)C(=O)c1ncccc1C#CCO. The largest absolute Gasteiger partial charge is 0.384 e. The number of carbonyl (C=O) groups is 1. The molecular weight excluding hydrogens is 266 g/mol. The highest BCUT2D eigenvalue weighted by atomic mass is 16.2. The Labute approximate surface area is 123 Å². The minimum absolute atomic E-state index is 0.233. The van der Waals surface area contributed by atoms with Crippen molar-refractivity contribution in [3.8, 4) is 11.8 Å². The fraction of sp³-hybridized carbons (Fsp3) is 0.188. The molecule has 0 fully saturated rings. The lowest BCUT2D eigenvalue weighted by atomic mass is 10.1. The third kappa shape index (κ3) is 3.88. The summed E-state index contributed by atoms with van der Waals surface area (Å²) < 4.78 is 0. The van der Waals surface area contributed by atoms with Crippen LogP contribution in [0.25, 0.3) is 0 Å². The number of hydrogen-bond donors (Lipinski definition) is 1. The topological polar surface area (TPSA) is 66.3 Å². The number of aromatic nitrogens is 2. The van der Waals surface area contributed by atoms with E-state index < -0.39 is 0 Å². The summed E-state index contributed by atoms with van der Waals surface area (Å²) in [6.45, 7) is 0.134. The number of aliphatic hydroxyl groups is 1. The van der Waals surface area contributed by atoms with E-state index >= 15 is 0 Å². The van der Waals surface area contributed by atoms with Gasteiger partial charge in [-0.2, -0.15) is 0 Å². The monoisotopic (exact) mass is 281 g/mol. The summed E-state index contributed by atoms with van der Waals surface area (Å²) in [5, 5.41) is 8.76. The first-order valence-corrected chi connectivity index (χ1v) is 6.42. The second kappa shape index (κ2) is 7.17. The highest BCUT2D eigenvalue weighted by Crippen LogP contribution is 2.09. The van der Waals surface area contributed by atoms with Crippen molar-refractivity contribution in [2.75, 3.05) is 13.7 Å². The predicted octanol–water partition coefficient (Wildman–Crippen LogP) is 1.09. The molecule has 0 atom stereocenters. The van der Waals surface area contributed by atoms with Gasteiger partial charge >= 0.3 is 0 Å². The third-order valence-electron chi connectivity index (χ3n) is 2.78. The van der Waals surface area contributed by atoms with Crippen molar-refractivity contribution in [2.45, 2.75) is 6.54 Å². The van der Waals surface area contributed by atoms with Crippen molar-refractivity contribution >= 4 is 5.91 Å². The summed E-state index contributed by atoms with van der Waals surface area (Å²) in [7, 11) is 1.69. The molecule has 5 heteroatoms. The van der Waals surface area contributed by atoms with E-state index in [0.717, 1.165) is 5.69 Å². The molecule has 2 rings (SSSR count). The first kappa shape index (κ1) is 14.7. The fourth-order valence-corrected chi connectivity index (χ4v) is 1.80. The Morgan fingerprint density at radius 2 is 2.05 bits per heavy atom. The van der Waals surface area contributed by atoms with E-state index in [2.05, 4.69) is 21.8 Å². The number of pyridine rings is 2. The Balaban J connectivity index is 2.20. The zero-order valence-electron chi connectivity index (χ0n) is 11.7. The molecule has 106 valence electrons. The maximum atomic E-state index is 12.4. The minimum Gasteiger partial charge on any atom is -0.384 e. The highest BCUT2D eigenvalue weighted by molar-refractivity contribution is 5.94. The number of aliphatic hydroxyl groups excluding tert-OH is 1. The fourth-order valence-electron chi connectivity index (χ4n) is 1.80. The van der Waals surface area contributed by atoms with Crippen LogP contribution in [0.2, 0.25) is 0 Å². The molecule has 1 N–H and O–H groups in total. The van der Waals surface area contributed by atoms with Gasteiger partial charge in [-0.05, 0) is 24.3 Å². The van der Waals surface area contributed by atoms with Gasteiger partial charge in [-0.25, -0.2) is 4.98 Å². The molecule has 0 aromatic carbocycles. The van der Waals surface area contributed by atoms with Gasteiger partial charge in [0.1, 0.15) is 12.3 Å². The minimum atomic E-state index is -0.258. The smallest absolute Gasteiger partial charge is 0.273 e. The van der Waals surface area contributed by atoms with E-state index in [-0.39, 0.29) is 18.2 Å². The summed E-state index contributed by atoms with van der Waals surface area (Å²) in [5.74, 6) is 5.03. The first-order chi connectivity index (χ1) is 10.2. The van der Waals surface area contributed by atoms with Crippen LogP contribution < -0.4 is 0 Å². The summed E-state index contributed by atoms with van der Waals surface area (Å²) in [6, 6.07) is 8.97. The molecule has 0 saturated heterocycles. The summed E-state index contributed by atoms with van der Waals surface area (Å²) in [4.78, 5) is 22.3. The van der Waals surface area contributed by atoms with Gasteiger partial charge in [-0.1, -0.05) is 17.9 Å². The van der Waals surface area contributed by atoms with Gasteiger partial charge in [0.05, 0.1) is 17.8 Å². The Hall–Kier alpha value is -2.71. The molecule has 2 heterocycles. The molecule has 1 amide bonds. The second-order valence-corrected chi connectivity index (χ2v) is 4.34. The second-order valence-electron chi connectivity index (χ2n) is 4.34. The summed E-state index contributed by atoms with van der Waals surface area (Å²) in [5.41, 5.74) is 1.58. The van der Waals surface area contributed by atoms with Gasteiger partial charge < -0.3 is 10.0 Å². The van der Waals surface area contributed by atoms with Gasteiger partial charge in [-0.3, -0.25) is 9.78 Å². The Morgan fingerprint density at radius 3 is 2.76 bits per heavy atom. The number of nitrogens with zero attached hydrogens (tertiary/aromatic N) is 3. The van der Waals surface area contributed by atoms with Crippen LogP contribution in [0, 0.1) is 11.8 Å². The van der Waals surface area contributed by atoms with Crippen LogP contribution in [0.3, 0.4) is 0 Å². The zero-order chi connectivity index (χ0) is 15.1. The standard InChI is InChI=1S/C16H15N3O2/c1-19(12-14-8-2-3-9-17-14)16(21)15-13(7-5-11-20)6-4-10-18-15/h2-4,6,8-10,20H,11-12H2,1H3. The number of carbonyl (C=O) groups excluding carboxylic acids is 1. The van der Waals surface area contributed by atoms with Crippen molar-refractivity contribution in [2.24, 2.45) is 0 Å². The van der Waals surface area contributed by atoms with E-state index in [0.29, 0.717) is 12.1 Å². The van der Waals surface area contributed by atoms with E-state index in [1.54, 1.807) is 31.6 Å². The normalized spacial score (nSPS) is 9.62. The molecule has 0 aliphatic carbocycles. The van der Waals surface area contributed by atoms with Crippen LogP contribution in [-0.4, -0.2) is 39.5 Å². The third-order valence-corrected chi connectivity index (χ3v) is 2.78. The maximum Gasteiger partial charge on any atom is 0.273 e. The first-order valence-electron chi connectivity index (χ1n) is 6.42. The Kier molecular flexibility index (Phi) is 5.02. The lowest BCUT2D eigenvalue weighted by Crippen LogP contribution is -2.28. The van der Waals surface area contributed by atoms with Crippen molar-refractivity contribution in [3.05, 3.63) is 59.7 Å². The average Bonchev–Trinajstić information content (AvgIpc) is 2.53.